The van der Waals surface area contributed by atoms with E-state index < -0.39 is 0 Å². The summed E-state index contributed by atoms with van der Waals surface area (Å²) in [7, 11) is 1.38. The van der Waals surface area contributed by atoms with Crippen molar-refractivity contribution in [2.75, 3.05) is 32.7 Å². The Labute approximate surface area is 184 Å². The summed E-state index contributed by atoms with van der Waals surface area (Å²) in [4.78, 5) is 25.2. The second-order valence-electron chi connectivity index (χ2n) is 6.29. The van der Waals surface area contributed by atoms with E-state index in [-0.39, 0.29) is 12.8 Å². The van der Waals surface area contributed by atoms with E-state index in [0.29, 0.717) is 59.7 Å². The van der Waals surface area contributed by atoms with E-state index in [4.69, 9.17) is 15.2 Å². The number of rotatable bonds is 8. The molecule has 0 radical (unpaired) electrons. The number of hydrogen-bond acceptors (Lipinski definition) is 10. The maximum Gasteiger partial charge on any atom is 0.306 e. The molecule has 0 bridgehead atoms. The summed E-state index contributed by atoms with van der Waals surface area (Å²) < 4.78 is 18.4. The number of nitrogen functional groups attached to an aromatic ring is 1. The van der Waals surface area contributed by atoms with Gasteiger partial charge in [0.15, 0.2) is 33.6 Å². The summed E-state index contributed by atoms with van der Waals surface area (Å²) in [5.41, 5.74) is 7.21. The zero-order valence-electron chi connectivity index (χ0n) is 16.1. The number of fused-ring (bicyclic) bond motifs is 2. The first-order valence-electron chi connectivity index (χ1n) is 9.08. The van der Waals surface area contributed by atoms with E-state index in [1.165, 1.54) is 25.2 Å². The van der Waals surface area contributed by atoms with Crippen LogP contribution in [0.4, 0.5) is 5.82 Å². The molecular formula is C18H19BrN6O4S. The predicted octanol–water partition coefficient (Wildman–Crippen LogP) is 2.20. The van der Waals surface area contributed by atoms with Crippen molar-refractivity contribution >= 4 is 50.6 Å². The molecule has 30 heavy (non-hydrogen) atoms. The highest BCUT2D eigenvalue weighted by atomic mass is 79.9. The van der Waals surface area contributed by atoms with Crippen molar-refractivity contribution in [1.82, 2.24) is 24.8 Å². The molecular weight excluding hydrogens is 476 g/mol. The second-order valence-corrected chi connectivity index (χ2v) is 8.15. The average Bonchev–Trinajstić information content (AvgIpc) is 3.33. The van der Waals surface area contributed by atoms with Gasteiger partial charge in [-0.3, -0.25) is 4.79 Å². The number of esters is 1. The number of benzene rings is 1. The van der Waals surface area contributed by atoms with Gasteiger partial charge in [0.25, 0.3) is 0 Å². The van der Waals surface area contributed by atoms with Gasteiger partial charge in [0, 0.05) is 29.0 Å². The van der Waals surface area contributed by atoms with Crippen molar-refractivity contribution < 1.29 is 19.0 Å². The van der Waals surface area contributed by atoms with E-state index in [0.717, 1.165) is 9.37 Å². The molecule has 12 heteroatoms. The van der Waals surface area contributed by atoms with E-state index in [1.807, 2.05) is 16.7 Å². The Kier molecular flexibility index (Phi) is 6.25. The number of carbonyl (C=O) groups excluding carboxylic acids is 1. The summed E-state index contributed by atoms with van der Waals surface area (Å²) in [6.07, 6.45) is 1.73. The molecule has 1 aromatic carbocycles. The first-order chi connectivity index (χ1) is 14.6. The number of anilines is 1. The average molecular weight is 495 g/mol. The molecule has 0 spiro atoms. The Morgan fingerprint density at radius 3 is 2.93 bits per heavy atom. The third kappa shape index (κ3) is 4.30. The molecule has 3 heterocycles. The summed E-state index contributed by atoms with van der Waals surface area (Å²) in [5.74, 6) is 1.46. The van der Waals surface area contributed by atoms with Gasteiger partial charge in [-0.2, -0.15) is 0 Å². The summed E-state index contributed by atoms with van der Waals surface area (Å²) >= 11 is 5.04. The van der Waals surface area contributed by atoms with Crippen molar-refractivity contribution in [3.63, 3.8) is 0 Å². The summed E-state index contributed by atoms with van der Waals surface area (Å²) in [6.45, 7) is 1.92. The van der Waals surface area contributed by atoms with Crippen molar-refractivity contribution in [3.8, 4) is 11.5 Å². The van der Waals surface area contributed by atoms with Crippen LogP contribution in [0.15, 0.2) is 33.0 Å². The zero-order chi connectivity index (χ0) is 21.1. The molecule has 2 aromatic heterocycles. The van der Waals surface area contributed by atoms with Crippen LogP contribution in [0.1, 0.15) is 6.42 Å². The van der Waals surface area contributed by atoms with Gasteiger partial charge in [0.2, 0.25) is 6.79 Å². The lowest BCUT2D eigenvalue weighted by atomic mass is 10.3. The fourth-order valence-corrected chi connectivity index (χ4v) is 4.41. The summed E-state index contributed by atoms with van der Waals surface area (Å²) in [5, 5.41) is 3.94. The Morgan fingerprint density at radius 2 is 2.13 bits per heavy atom. The van der Waals surface area contributed by atoms with Crippen molar-refractivity contribution in [1.29, 1.82) is 0 Å². The van der Waals surface area contributed by atoms with Crippen molar-refractivity contribution in [2.24, 2.45) is 0 Å². The zero-order valence-corrected chi connectivity index (χ0v) is 18.5. The fourth-order valence-electron chi connectivity index (χ4n) is 2.90. The molecule has 0 saturated heterocycles. The van der Waals surface area contributed by atoms with Crippen LogP contribution >= 0.6 is 27.7 Å². The van der Waals surface area contributed by atoms with E-state index in [1.54, 1.807) is 0 Å². The molecule has 158 valence electrons. The SMILES string of the molecule is COC(=O)CCNCCn1c(Sc2cc3c(cc2Br)OCO3)nc2c(N)ncnc21. The lowest BCUT2D eigenvalue weighted by Gasteiger charge is -2.10. The minimum absolute atomic E-state index is 0.206. The third-order valence-corrected chi connectivity index (χ3v) is 6.37. The molecule has 3 aromatic rings. The van der Waals surface area contributed by atoms with Crippen LogP contribution in [0, 0.1) is 0 Å². The molecule has 0 saturated carbocycles. The predicted molar refractivity (Wildman–Crippen MR) is 114 cm³/mol. The number of nitrogens with one attached hydrogen (secondary N) is 1. The monoisotopic (exact) mass is 494 g/mol. The van der Waals surface area contributed by atoms with Crippen LogP contribution in [0.5, 0.6) is 11.5 Å². The van der Waals surface area contributed by atoms with Gasteiger partial charge in [-0.1, -0.05) is 11.8 Å². The quantitative estimate of drug-likeness (QED) is 0.355. The number of aromatic nitrogens is 4. The molecule has 3 N–H and O–H groups in total. The molecule has 0 aliphatic carbocycles. The number of ether oxygens (including phenoxy) is 3. The lowest BCUT2D eigenvalue weighted by Crippen LogP contribution is -2.23. The van der Waals surface area contributed by atoms with Gasteiger partial charge < -0.3 is 29.8 Å². The first-order valence-corrected chi connectivity index (χ1v) is 10.7. The number of halogens is 1. The standard InChI is InChI=1S/C18H19BrN6O4S/c1-27-14(26)2-3-21-4-5-25-17-15(16(20)22-8-23-17)24-18(25)30-13-7-12-11(6-10(13)19)28-9-29-12/h6-8,21H,2-5,9H2,1H3,(H2,20,22,23). The van der Waals surface area contributed by atoms with E-state index in [9.17, 15) is 4.79 Å². The highest BCUT2D eigenvalue weighted by Crippen LogP contribution is 2.43. The van der Waals surface area contributed by atoms with Gasteiger partial charge in [-0.05, 0) is 28.1 Å². The number of nitrogens with two attached hydrogens (primary N) is 1. The van der Waals surface area contributed by atoms with E-state index in [2.05, 4.69) is 40.9 Å². The van der Waals surface area contributed by atoms with Crippen LogP contribution in [0.25, 0.3) is 11.2 Å². The number of imidazole rings is 1. The van der Waals surface area contributed by atoms with Crippen molar-refractivity contribution in [2.45, 2.75) is 23.0 Å². The normalized spacial score (nSPS) is 12.5. The highest BCUT2D eigenvalue weighted by molar-refractivity contribution is 9.10. The van der Waals surface area contributed by atoms with Crippen LogP contribution in [0.2, 0.25) is 0 Å². The maximum absolute atomic E-state index is 11.3. The van der Waals surface area contributed by atoms with Gasteiger partial charge in [0.05, 0.1) is 13.5 Å². The maximum atomic E-state index is 11.3. The number of nitrogens with zero attached hydrogens (tertiary/aromatic N) is 4. The number of methoxy groups -OCH3 is 1. The van der Waals surface area contributed by atoms with E-state index >= 15 is 0 Å². The Bertz CT molecular complexity index is 1090. The highest BCUT2D eigenvalue weighted by Gasteiger charge is 2.20. The number of carbonyl (C=O) groups is 1. The molecule has 1 aliphatic heterocycles. The molecule has 0 unspecified atom stereocenters. The topological polar surface area (TPSA) is 126 Å². The van der Waals surface area contributed by atoms with Crippen LogP contribution in [-0.4, -0.2) is 52.5 Å². The van der Waals surface area contributed by atoms with Gasteiger partial charge in [-0.15, -0.1) is 0 Å². The molecule has 1 aliphatic rings. The molecule has 4 rings (SSSR count). The smallest absolute Gasteiger partial charge is 0.306 e. The first kappa shape index (κ1) is 20.7. The largest absolute Gasteiger partial charge is 0.469 e. The minimum Gasteiger partial charge on any atom is -0.469 e. The Balaban J connectivity index is 1.57. The van der Waals surface area contributed by atoms with Crippen LogP contribution in [-0.2, 0) is 16.1 Å². The number of hydrogen-bond donors (Lipinski definition) is 2. The van der Waals surface area contributed by atoms with Crippen LogP contribution < -0.4 is 20.5 Å². The van der Waals surface area contributed by atoms with Gasteiger partial charge in [-0.25, -0.2) is 15.0 Å². The van der Waals surface area contributed by atoms with Gasteiger partial charge in [0.1, 0.15) is 6.33 Å². The third-order valence-electron chi connectivity index (χ3n) is 4.40. The molecule has 0 atom stereocenters. The Hall–Kier alpha value is -2.57. The molecule has 0 amide bonds. The summed E-state index contributed by atoms with van der Waals surface area (Å²) in [6, 6.07) is 3.78. The molecule has 10 nitrogen and oxygen atoms in total. The molecule has 0 fully saturated rings. The second kappa shape index (κ2) is 9.06. The van der Waals surface area contributed by atoms with Crippen LogP contribution in [0.3, 0.4) is 0 Å². The lowest BCUT2D eigenvalue weighted by molar-refractivity contribution is -0.140. The fraction of sp³-hybridized carbons (Fsp3) is 0.333. The Morgan fingerprint density at radius 1 is 1.33 bits per heavy atom. The minimum atomic E-state index is -0.250. The van der Waals surface area contributed by atoms with Gasteiger partial charge >= 0.3 is 5.97 Å². The van der Waals surface area contributed by atoms with Crippen molar-refractivity contribution in [3.05, 3.63) is 22.9 Å².